The molecule has 1 heterocycles. The van der Waals surface area contributed by atoms with E-state index in [-0.39, 0.29) is 12.1 Å². The van der Waals surface area contributed by atoms with Gasteiger partial charge in [0.15, 0.2) is 0 Å². The minimum absolute atomic E-state index is 0.000819. The van der Waals surface area contributed by atoms with Crippen LogP contribution in [0.5, 0.6) is 0 Å². The largest absolute Gasteiger partial charge is 0.468 e. The topological polar surface area (TPSA) is 69.0 Å². The zero-order valence-corrected chi connectivity index (χ0v) is 12.7. The van der Waals surface area contributed by atoms with Crippen molar-refractivity contribution in [2.45, 2.75) is 25.5 Å². The Kier molecular flexibility index (Phi) is 6.54. The maximum atomic E-state index is 11.9. The van der Waals surface area contributed by atoms with Crippen molar-refractivity contribution in [3.05, 3.63) is 24.2 Å². The number of urea groups is 1. The summed E-state index contributed by atoms with van der Waals surface area (Å²) < 4.78 is 5.39. The van der Waals surface area contributed by atoms with Crippen molar-refractivity contribution in [2.24, 2.45) is 0 Å². The van der Waals surface area contributed by atoms with Gasteiger partial charge in [0.2, 0.25) is 0 Å². The summed E-state index contributed by atoms with van der Waals surface area (Å²) in [7, 11) is 5.60. The zero-order valence-electron chi connectivity index (χ0n) is 12.7. The number of likely N-dealkylation sites (N-methyl/N-ethyl adjacent to an activating group) is 1. The highest BCUT2D eigenvalue weighted by Gasteiger charge is 2.18. The van der Waals surface area contributed by atoms with E-state index in [1.54, 1.807) is 25.1 Å². The van der Waals surface area contributed by atoms with Gasteiger partial charge in [-0.1, -0.05) is 0 Å². The summed E-state index contributed by atoms with van der Waals surface area (Å²) in [6.07, 6.45) is 1.80. The average Bonchev–Trinajstić information content (AvgIpc) is 2.89. The number of carbonyl (C=O) groups is 1. The van der Waals surface area contributed by atoms with Crippen molar-refractivity contribution in [2.75, 3.05) is 34.2 Å². The Morgan fingerprint density at radius 3 is 2.65 bits per heavy atom. The van der Waals surface area contributed by atoms with E-state index >= 15 is 0 Å². The van der Waals surface area contributed by atoms with Crippen LogP contribution >= 0.6 is 0 Å². The summed E-state index contributed by atoms with van der Waals surface area (Å²) in [5.74, 6) is 0.821. The van der Waals surface area contributed by atoms with Crippen LogP contribution in [0, 0.1) is 0 Å². The van der Waals surface area contributed by atoms with Gasteiger partial charge in [-0.3, -0.25) is 4.90 Å². The van der Waals surface area contributed by atoms with Gasteiger partial charge in [0, 0.05) is 20.1 Å². The molecular weight excluding hydrogens is 258 g/mol. The van der Waals surface area contributed by atoms with Gasteiger partial charge in [-0.2, -0.15) is 0 Å². The van der Waals surface area contributed by atoms with Gasteiger partial charge in [-0.05, 0) is 39.6 Å². The molecular formula is C14H25N3O3. The molecule has 0 aliphatic rings. The van der Waals surface area contributed by atoms with E-state index in [9.17, 15) is 9.90 Å². The van der Waals surface area contributed by atoms with Gasteiger partial charge < -0.3 is 19.7 Å². The van der Waals surface area contributed by atoms with Crippen LogP contribution < -0.4 is 5.32 Å². The molecule has 0 radical (unpaired) electrons. The molecule has 0 aliphatic carbocycles. The molecule has 2 unspecified atom stereocenters. The van der Waals surface area contributed by atoms with E-state index in [0.29, 0.717) is 19.5 Å². The summed E-state index contributed by atoms with van der Waals surface area (Å²) in [6, 6.07) is 3.58. The van der Waals surface area contributed by atoms with Crippen LogP contribution in [0.4, 0.5) is 4.79 Å². The quantitative estimate of drug-likeness (QED) is 0.791. The number of hydrogen-bond acceptors (Lipinski definition) is 4. The summed E-state index contributed by atoms with van der Waals surface area (Å²) in [6.45, 7) is 2.71. The van der Waals surface area contributed by atoms with E-state index in [1.165, 1.54) is 0 Å². The summed E-state index contributed by atoms with van der Waals surface area (Å²) in [5.41, 5.74) is 0. The number of nitrogens with zero attached hydrogens (tertiary/aromatic N) is 2. The molecule has 1 aromatic heterocycles. The van der Waals surface area contributed by atoms with Crippen molar-refractivity contribution in [1.29, 1.82) is 0 Å². The van der Waals surface area contributed by atoms with Gasteiger partial charge in [0.1, 0.15) is 5.76 Å². The summed E-state index contributed by atoms with van der Waals surface area (Å²) >= 11 is 0. The predicted octanol–water partition coefficient (Wildman–Crippen LogP) is 1.29. The molecule has 114 valence electrons. The van der Waals surface area contributed by atoms with E-state index in [0.717, 1.165) is 5.76 Å². The van der Waals surface area contributed by atoms with Crippen LogP contribution in [0.2, 0.25) is 0 Å². The van der Waals surface area contributed by atoms with Gasteiger partial charge in [-0.25, -0.2) is 4.79 Å². The van der Waals surface area contributed by atoms with Gasteiger partial charge in [0.05, 0.1) is 18.4 Å². The second-order valence-corrected chi connectivity index (χ2v) is 5.24. The summed E-state index contributed by atoms with van der Waals surface area (Å²) in [5, 5.41) is 12.1. The van der Waals surface area contributed by atoms with Crippen molar-refractivity contribution < 1.29 is 14.3 Å². The molecule has 0 aliphatic heterocycles. The Bertz CT molecular complexity index is 390. The van der Waals surface area contributed by atoms with Crippen LogP contribution in [-0.4, -0.2) is 61.3 Å². The SMILES string of the molecule is CC(O)CCN(C)C(=O)NCC(c1ccco1)N(C)C. The molecule has 2 atom stereocenters. The van der Waals surface area contributed by atoms with Gasteiger partial charge in [0.25, 0.3) is 0 Å². The molecule has 1 rings (SSSR count). The van der Waals surface area contributed by atoms with Crippen molar-refractivity contribution >= 4 is 6.03 Å². The monoisotopic (exact) mass is 283 g/mol. The third-order valence-electron chi connectivity index (χ3n) is 3.17. The van der Waals surface area contributed by atoms with Crippen molar-refractivity contribution in [3.8, 4) is 0 Å². The van der Waals surface area contributed by atoms with E-state index in [1.807, 2.05) is 31.1 Å². The lowest BCUT2D eigenvalue weighted by Crippen LogP contribution is -2.42. The third kappa shape index (κ3) is 5.22. The highest BCUT2D eigenvalue weighted by atomic mass is 16.3. The number of aliphatic hydroxyl groups is 1. The first-order valence-electron chi connectivity index (χ1n) is 6.78. The van der Waals surface area contributed by atoms with Crippen molar-refractivity contribution in [3.63, 3.8) is 0 Å². The summed E-state index contributed by atoms with van der Waals surface area (Å²) in [4.78, 5) is 15.5. The molecule has 20 heavy (non-hydrogen) atoms. The van der Waals surface area contributed by atoms with Gasteiger partial charge in [-0.15, -0.1) is 0 Å². The number of nitrogens with one attached hydrogen (secondary N) is 1. The molecule has 0 aromatic carbocycles. The standard InChI is InChI=1S/C14H25N3O3/c1-11(18)7-8-17(4)14(19)15-10-12(16(2)3)13-6-5-9-20-13/h5-6,9,11-12,18H,7-8,10H2,1-4H3,(H,15,19). The molecule has 6 nitrogen and oxygen atoms in total. The molecule has 2 amide bonds. The Labute approximate surface area is 120 Å². The maximum Gasteiger partial charge on any atom is 0.317 e. The van der Waals surface area contributed by atoms with Crippen LogP contribution in [0.1, 0.15) is 25.1 Å². The number of amides is 2. The van der Waals surface area contributed by atoms with Crippen LogP contribution in [-0.2, 0) is 0 Å². The van der Waals surface area contributed by atoms with E-state index in [4.69, 9.17) is 4.42 Å². The van der Waals surface area contributed by atoms with Crippen molar-refractivity contribution in [1.82, 2.24) is 15.1 Å². The second-order valence-electron chi connectivity index (χ2n) is 5.24. The molecule has 0 fully saturated rings. The third-order valence-corrected chi connectivity index (χ3v) is 3.17. The minimum atomic E-state index is -0.400. The lowest BCUT2D eigenvalue weighted by atomic mass is 10.2. The fourth-order valence-electron chi connectivity index (χ4n) is 1.82. The first-order valence-corrected chi connectivity index (χ1v) is 6.78. The first-order chi connectivity index (χ1) is 9.41. The average molecular weight is 283 g/mol. The smallest absolute Gasteiger partial charge is 0.317 e. The number of carbonyl (C=O) groups excluding carboxylic acids is 1. The molecule has 0 saturated heterocycles. The number of furan rings is 1. The normalized spacial score (nSPS) is 14.1. The predicted molar refractivity (Wildman–Crippen MR) is 77.5 cm³/mol. The molecule has 1 aromatic rings. The Morgan fingerprint density at radius 1 is 1.45 bits per heavy atom. The maximum absolute atomic E-state index is 11.9. The highest BCUT2D eigenvalue weighted by molar-refractivity contribution is 5.73. The van der Waals surface area contributed by atoms with Crippen LogP contribution in [0.3, 0.4) is 0 Å². The molecule has 0 saturated carbocycles. The number of hydrogen-bond donors (Lipinski definition) is 2. The fraction of sp³-hybridized carbons (Fsp3) is 0.643. The Hall–Kier alpha value is -1.53. The second kappa shape index (κ2) is 7.91. The molecule has 0 spiro atoms. The van der Waals surface area contributed by atoms with E-state index in [2.05, 4.69) is 5.32 Å². The minimum Gasteiger partial charge on any atom is -0.468 e. The Balaban J connectivity index is 2.45. The van der Waals surface area contributed by atoms with Crippen LogP contribution in [0.25, 0.3) is 0 Å². The van der Waals surface area contributed by atoms with E-state index < -0.39 is 6.10 Å². The lowest BCUT2D eigenvalue weighted by molar-refractivity contribution is 0.161. The lowest BCUT2D eigenvalue weighted by Gasteiger charge is -2.25. The van der Waals surface area contributed by atoms with Crippen LogP contribution in [0.15, 0.2) is 22.8 Å². The highest BCUT2D eigenvalue weighted by Crippen LogP contribution is 2.17. The number of rotatable bonds is 7. The van der Waals surface area contributed by atoms with Gasteiger partial charge >= 0.3 is 6.03 Å². The fourth-order valence-corrected chi connectivity index (χ4v) is 1.82. The zero-order chi connectivity index (χ0) is 15.1. The first kappa shape index (κ1) is 16.5. The molecule has 6 heteroatoms. The number of aliphatic hydroxyl groups excluding tert-OH is 1. The molecule has 2 N–H and O–H groups in total. The Morgan fingerprint density at radius 2 is 2.15 bits per heavy atom. The molecule has 0 bridgehead atoms.